The van der Waals surface area contributed by atoms with Crippen LogP contribution >= 0.6 is 11.8 Å². The summed E-state index contributed by atoms with van der Waals surface area (Å²) in [5.41, 5.74) is 1.45. The first-order valence-electron chi connectivity index (χ1n) is 6.38. The molecule has 1 atom stereocenters. The minimum absolute atomic E-state index is 0.665. The van der Waals surface area contributed by atoms with Crippen LogP contribution in [0, 0.1) is 0 Å². The molecule has 0 spiro atoms. The molecule has 3 heteroatoms. The molecule has 1 saturated heterocycles. The average Bonchev–Trinajstić information content (AvgIpc) is 2.39. The van der Waals surface area contributed by atoms with E-state index >= 15 is 0 Å². The van der Waals surface area contributed by atoms with Crippen LogP contribution in [0.3, 0.4) is 0 Å². The molecule has 0 aliphatic carbocycles. The SMILES string of the molecule is CSCCN1CCNCC1Cc1ccccc1. The Morgan fingerprint density at radius 2 is 2.18 bits per heavy atom. The summed E-state index contributed by atoms with van der Waals surface area (Å²) in [6.45, 7) is 4.68. The van der Waals surface area contributed by atoms with E-state index < -0.39 is 0 Å². The summed E-state index contributed by atoms with van der Waals surface area (Å²) in [5.74, 6) is 1.24. The smallest absolute Gasteiger partial charge is 0.0261 e. The summed E-state index contributed by atoms with van der Waals surface area (Å²) in [6.07, 6.45) is 3.36. The van der Waals surface area contributed by atoms with Gasteiger partial charge < -0.3 is 5.32 Å². The molecule has 17 heavy (non-hydrogen) atoms. The van der Waals surface area contributed by atoms with Gasteiger partial charge in [-0.1, -0.05) is 30.3 Å². The van der Waals surface area contributed by atoms with Crippen molar-refractivity contribution in [3.63, 3.8) is 0 Å². The van der Waals surface area contributed by atoms with Gasteiger partial charge in [-0.3, -0.25) is 4.90 Å². The number of thioether (sulfide) groups is 1. The fourth-order valence-electron chi connectivity index (χ4n) is 2.39. The first-order valence-corrected chi connectivity index (χ1v) is 7.77. The van der Waals surface area contributed by atoms with Gasteiger partial charge in [0.05, 0.1) is 0 Å². The lowest BCUT2D eigenvalue weighted by atomic mass is 10.0. The molecule has 1 aromatic carbocycles. The minimum Gasteiger partial charge on any atom is -0.314 e. The largest absolute Gasteiger partial charge is 0.314 e. The molecule has 1 N–H and O–H groups in total. The second kappa shape index (κ2) is 7.04. The summed E-state index contributed by atoms with van der Waals surface area (Å²) in [6, 6.07) is 11.5. The van der Waals surface area contributed by atoms with Crippen molar-refractivity contribution in [3.05, 3.63) is 35.9 Å². The first-order chi connectivity index (χ1) is 8.40. The predicted molar refractivity (Wildman–Crippen MR) is 76.8 cm³/mol. The molecule has 1 aliphatic rings. The van der Waals surface area contributed by atoms with Gasteiger partial charge in [0.15, 0.2) is 0 Å². The maximum atomic E-state index is 3.51. The van der Waals surface area contributed by atoms with E-state index in [0.29, 0.717) is 6.04 Å². The van der Waals surface area contributed by atoms with Crippen molar-refractivity contribution in [2.24, 2.45) is 0 Å². The van der Waals surface area contributed by atoms with E-state index in [4.69, 9.17) is 0 Å². The second-order valence-corrected chi connectivity index (χ2v) is 5.56. The highest BCUT2D eigenvalue weighted by Gasteiger charge is 2.21. The standard InChI is InChI=1S/C14H22N2S/c1-17-10-9-16-8-7-15-12-14(16)11-13-5-3-2-4-6-13/h2-6,14-15H,7-12H2,1H3. The molecule has 0 bridgehead atoms. The third-order valence-electron chi connectivity index (χ3n) is 3.37. The van der Waals surface area contributed by atoms with Crippen LogP contribution in [0.2, 0.25) is 0 Å². The Bertz CT molecular complexity index is 315. The molecule has 0 aromatic heterocycles. The fraction of sp³-hybridized carbons (Fsp3) is 0.571. The molecule has 1 aliphatic heterocycles. The molecule has 2 rings (SSSR count). The third kappa shape index (κ3) is 4.02. The lowest BCUT2D eigenvalue weighted by molar-refractivity contribution is 0.170. The molecule has 2 nitrogen and oxygen atoms in total. The van der Waals surface area contributed by atoms with Gasteiger partial charge in [0.25, 0.3) is 0 Å². The van der Waals surface area contributed by atoms with E-state index in [1.807, 2.05) is 11.8 Å². The van der Waals surface area contributed by atoms with Gasteiger partial charge >= 0.3 is 0 Å². The predicted octanol–water partition coefficient (Wildman–Crippen LogP) is 1.87. The maximum absolute atomic E-state index is 3.51. The number of rotatable bonds is 5. The van der Waals surface area contributed by atoms with Crippen LogP contribution < -0.4 is 5.32 Å². The number of hydrogen-bond acceptors (Lipinski definition) is 3. The van der Waals surface area contributed by atoms with E-state index in [1.54, 1.807) is 0 Å². The lowest BCUT2D eigenvalue weighted by Crippen LogP contribution is -2.52. The Morgan fingerprint density at radius 1 is 1.35 bits per heavy atom. The lowest BCUT2D eigenvalue weighted by Gasteiger charge is -2.36. The zero-order valence-electron chi connectivity index (χ0n) is 10.6. The van der Waals surface area contributed by atoms with E-state index in [1.165, 1.54) is 30.8 Å². The average molecular weight is 250 g/mol. The molecule has 0 radical (unpaired) electrons. The fourth-order valence-corrected chi connectivity index (χ4v) is 2.81. The number of nitrogens with zero attached hydrogens (tertiary/aromatic N) is 1. The topological polar surface area (TPSA) is 15.3 Å². The summed E-state index contributed by atoms with van der Waals surface area (Å²) >= 11 is 1.94. The van der Waals surface area contributed by atoms with Crippen molar-refractivity contribution in [2.45, 2.75) is 12.5 Å². The van der Waals surface area contributed by atoms with Gasteiger partial charge in [-0.25, -0.2) is 0 Å². The Balaban J connectivity index is 1.92. The van der Waals surface area contributed by atoms with Crippen molar-refractivity contribution < 1.29 is 0 Å². The number of benzene rings is 1. The Hall–Kier alpha value is -0.510. The normalized spacial score (nSPS) is 21.6. The molecule has 94 valence electrons. The van der Waals surface area contributed by atoms with Gasteiger partial charge in [-0.05, 0) is 18.2 Å². The van der Waals surface area contributed by atoms with Crippen molar-refractivity contribution >= 4 is 11.8 Å². The molecule has 0 saturated carbocycles. The molecule has 1 aromatic rings. The van der Waals surface area contributed by atoms with Gasteiger partial charge in [0.2, 0.25) is 0 Å². The van der Waals surface area contributed by atoms with Crippen LogP contribution in [0.5, 0.6) is 0 Å². The van der Waals surface area contributed by atoms with E-state index in [0.717, 1.165) is 13.1 Å². The second-order valence-electron chi connectivity index (χ2n) is 4.58. The molecule has 1 heterocycles. The van der Waals surface area contributed by atoms with Gasteiger partial charge in [-0.2, -0.15) is 11.8 Å². The third-order valence-corrected chi connectivity index (χ3v) is 3.96. The van der Waals surface area contributed by atoms with E-state index in [2.05, 4.69) is 46.8 Å². The van der Waals surface area contributed by atoms with Crippen LogP contribution in [0.1, 0.15) is 5.56 Å². The minimum atomic E-state index is 0.665. The highest BCUT2D eigenvalue weighted by atomic mass is 32.2. The van der Waals surface area contributed by atoms with Crippen LogP contribution in [0.25, 0.3) is 0 Å². The maximum Gasteiger partial charge on any atom is 0.0261 e. The highest BCUT2D eigenvalue weighted by molar-refractivity contribution is 7.98. The van der Waals surface area contributed by atoms with Crippen molar-refractivity contribution in [3.8, 4) is 0 Å². The Morgan fingerprint density at radius 3 is 2.94 bits per heavy atom. The van der Waals surface area contributed by atoms with Gasteiger partial charge in [-0.15, -0.1) is 0 Å². The number of hydrogen-bond donors (Lipinski definition) is 1. The van der Waals surface area contributed by atoms with Crippen LogP contribution in [0.15, 0.2) is 30.3 Å². The summed E-state index contributed by atoms with van der Waals surface area (Å²) in [4.78, 5) is 2.64. The van der Waals surface area contributed by atoms with E-state index in [9.17, 15) is 0 Å². The highest BCUT2D eigenvalue weighted by Crippen LogP contribution is 2.11. The Labute approximate surface area is 109 Å². The van der Waals surface area contributed by atoms with Crippen LogP contribution in [-0.2, 0) is 6.42 Å². The summed E-state index contributed by atoms with van der Waals surface area (Å²) in [7, 11) is 0. The number of nitrogens with one attached hydrogen (secondary N) is 1. The zero-order chi connectivity index (χ0) is 11.9. The van der Waals surface area contributed by atoms with Crippen molar-refractivity contribution in [1.82, 2.24) is 10.2 Å². The summed E-state index contributed by atoms with van der Waals surface area (Å²) in [5, 5.41) is 3.51. The zero-order valence-corrected chi connectivity index (χ0v) is 11.4. The van der Waals surface area contributed by atoms with Gasteiger partial charge in [0.1, 0.15) is 0 Å². The van der Waals surface area contributed by atoms with Crippen LogP contribution in [-0.4, -0.2) is 49.1 Å². The quantitative estimate of drug-likeness (QED) is 0.859. The summed E-state index contributed by atoms with van der Waals surface area (Å²) < 4.78 is 0. The molecule has 0 amide bonds. The number of piperazine rings is 1. The monoisotopic (exact) mass is 250 g/mol. The Kier molecular flexibility index (Phi) is 5.36. The molecular formula is C14H22N2S. The van der Waals surface area contributed by atoms with Crippen molar-refractivity contribution in [2.75, 3.05) is 38.2 Å². The molecular weight excluding hydrogens is 228 g/mol. The van der Waals surface area contributed by atoms with Crippen molar-refractivity contribution in [1.29, 1.82) is 0 Å². The van der Waals surface area contributed by atoms with Crippen LogP contribution in [0.4, 0.5) is 0 Å². The molecule has 1 unspecified atom stereocenters. The van der Waals surface area contributed by atoms with E-state index in [-0.39, 0.29) is 0 Å². The molecule has 1 fully saturated rings. The first kappa shape index (κ1) is 12.9. The van der Waals surface area contributed by atoms with Gasteiger partial charge in [0, 0.05) is 38.0 Å².